The number of imidazole rings is 1. The van der Waals surface area contributed by atoms with E-state index in [1.807, 2.05) is 0 Å². The van der Waals surface area contributed by atoms with Gasteiger partial charge < -0.3 is 14.2 Å². The number of carbonyl (C=O) groups is 1. The first-order valence-electron chi connectivity index (χ1n) is 12.5. The standard InChI is InChI=1S/C27H29F2N3O4S/c28-22-10-8-20(9-11-22)18-37(34,35)27-30-14-24(32(27)17-25-5-2-12-36-25)16-31(15-19-6-7-19)26(33)21-3-1-4-23(29)13-21/h1,3-4,8-11,13-14,19,25H,2,5-7,12,15-18H2. The minimum Gasteiger partial charge on any atom is -0.376 e. The van der Waals surface area contributed by atoms with E-state index in [1.54, 1.807) is 15.5 Å². The molecular weight excluding hydrogens is 500 g/mol. The van der Waals surface area contributed by atoms with E-state index in [0.29, 0.717) is 36.9 Å². The zero-order chi connectivity index (χ0) is 26.0. The Bertz CT molecular complexity index is 1360. The summed E-state index contributed by atoms with van der Waals surface area (Å²) >= 11 is 0. The van der Waals surface area contributed by atoms with Gasteiger partial charge in [0.05, 0.1) is 36.8 Å². The lowest BCUT2D eigenvalue weighted by atomic mass is 10.1. The van der Waals surface area contributed by atoms with Crippen molar-refractivity contribution < 1.29 is 26.7 Å². The minimum absolute atomic E-state index is 0.105. The predicted molar refractivity (Wildman–Crippen MR) is 132 cm³/mol. The van der Waals surface area contributed by atoms with E-state index in [2.05, 4.69) is 4.98 Å². The maximum Gasteiger partial charge on any atom is 0.254 e. The molecule has 1 aliphatic heterocycles. The molecule has 1 aromatic heterocycles. The maximum atomic E-state index is 13.8. The molecule has 2 aliphatic rings. The monoisotopic (exact) mass is 529 g/mol. The number of carbonyl (C=O) groups excluding carboxylic acids is 1. The van der Waals surface area contributed by atoms with Crippen molar-refractivity contribution in [3.63, 3.8) is 0 Å². The van der Waals surface area contributed by atoms with Crippen molar-refractivity contribution in [2.45, 2.75) is 55.8 Å². The third kappa shape index (κ3) is 6.24. The van der Waals surface area contributed by atoms with E-state index in [0.717, 1.165) is 25.7 Å². The molecule has 3 aromatic rings. The molecule has 196 valence electrons. The number of amides is 1. The predicted octanol–water partition coefficient (Wildman–Crippen LogP) is 4.37. The number of sulfone groups is 1. The topological polar surface area (TPSA) is 81.5 Å². The fraction of sp³-hybridized carbons (Fsp3) is 0.407. The highest BCUT2D eigenvalue weighted by atomic mass is 32.2. The SMILES string of the molecule is O=C(c1cccc(F)c1)N(Cc1cnc(S(=O)(=O)Cc2ccc(F)cc2)n1CC1CCCO1)CC1CC1. The Balaban J connectivity index is 1.46. The van der Waals surface area contributed by atoms with Crippen molar-refractivity contribution in [3.8, 4) is 0 Å². The highest BCUT2D eigenvalue weighted by Crippen LogP contribution is 2.31. The van der Waals surface area contributed by atoms with E-state index < -0.39 is 21.5 Å². The number of benzene rings is 2. The number of halogens is 2. The van der Waals surface area contributed by atoms with Crippen molar-refractivity contribution in [1.82, 2.24) is 14.5 Å². The summed E-state index contributed by atoms with van der Waals surface area (Å²) in [6.45, 7) is 1.53. The molecule has 5 rings (SSSR count). The third-order valence-corrected chi connectivity index (χ3v) is 8.34. The van der Waals surface area contributed by atoms with Gasteiger partial charge in [-0.2, -0.15) is 0 Å². The van der Waals surface area contributed by atoms with Crippen molar-refractivity contribution in [1.29, 1.82) is 0 Å². The Kier molecular flexibility index (Phi) is 7.39. The first-order chi connectivity index (χ1) is 17.8. The van der Waals surface area contributed by atoms with Crippen LogP contribution in [-0.2, 0) is 33.4 Å². The Morgan fingerprint density at radius 2 is 1.86 bits per heavy atom. The Morgan fingerprint density at radius 3 is 2.54 bits per heavy atom. The summed E-state index contributed by atoms with van der Waals surface area (Å²) in [5.41, 5.74) is 1.26. The summed E-state index contributed by atoms with van der Waals surface area (Å²) < 4.78 is 61.4. The molecular formula is C27H29F2N3O4S. The van der Waals surface area contributed by atoms with Crippen LogP contribution in [0.3, 0.4) is 0 Å². The summed E-state index contributed by atoms with van der Waals surface area (Å²) in [5.74, 6) is -1.21. The molecule has 1 atom stereocenters. The van der Waals surface area contributed by atoms with Crippen LogP contribution in [0.4, 0.5) is 8.78 Å². The molecule has 1 amide bonds. The average Bonchev–Trinajstić information content (AvgIpc) is 3.36. The van der Waals surface area contributed by atoms with E-state index in [9.17, 15) is 22.0 Å². The van der Waals surface area contributed by atoms with Gasteiger partial charge in [0.15, 0.2) is 0 Å². The van der Waals surface area contributed by atoms with E-state index in [4.69, 9.17) is 4.74 Å². The Morgan fingerprint density at radius 1 is 1.08 bits per heavy atom. The van der Waals surface area contributed by atoms with Gasteiger partial charge in [0.2, 0.25) is 15.0 Å². The molecule has 2 fully saturated rings. The molecule has 0 bridgehead atoms. The average molecular weight is 530 g/mol. The van der Waals surface area contributed by atoms with E-state index >= 15 is 0 Å². The van der Waals surface area contributed by atoms with Gasteiger partial charge in [-0.3, -0.25) is 4.79 Å². The van der Waals surface area contributed by atoms with Gasteiger partial charge in [-0.05, 0) is 67.5 Å². The zero-order valence-corrected chi connectivity index (χ0v) is 21.2. The van der Waals surface area contributed by atoms with Crippen LogP contribution in [0, 0.1) is 17.6 Å². The number of rotatable bonds is 10. The lowest BCUT2D eigenvalue weighted by molar-refractivity contribution is 0.0723. The summed E-state index contributed by atoms with van der Waals surface area (Å²) in [4.78, 5) is 19.3. The third-order valence-electron chi connectivity index (χ3n) is 6.75. The second-order valence-corrected chi connectivity index (χ2v) is 11.7. The van der Waals surface area contributed by atoms with Crippen LogP contribution in [-0.4, -0.2) is 48.0 Å². The van der Waals surface area contributed by atoms with Crippen LogP contribution in [0.25, 0.3) is 0 Å². The molecule has 1 unspecified atom stereocenters. The Labute approximate surface area is 215 Å². The van der Waals surface area contributed by atoms with Gasteiger partial charge in [-0.1, -0.05) is 18.2 Å². The maximum absolute atomic E-state index is 13.8. The van der Waals surface area contributed by atoms with Crippen LogP contribution < -0.4 is 0 Å². The van der Waals surface area contributed by atoms with Crippen LogP contribution in [0.2, 0.25) is 0 Å². The number of hydrogen-bond donors (Lipinski definition) is 0. The molecule has 0 radical (unpaired) electrons. The molecule has 0 spiro atoms. The molecule has 2 aromatic carbocycles. The van der Waals surface area contributed by atoms with Gasteiger partial charge in [0, 0.05) is 18.7 Å². The Hall–Kier alpha value is -3.11. The molecule has 2 heterocycles. The lowest BCUT2D eigenvalue weighted by Gasteiger charge is -2.24. The molecule has 37 heavy (non-hydrogen) atoms. The van der Waals surface area contributed by atoms with Gasteiger partial charge in [0.1, 0.15) is 11.6 Å². The molecule has 1 aliphatic carbocycles. The van der Waals surface area contributed by atoms with Gasteiger partial charge in [-0.25, -0.2) is 22.2 Å². The van der Waals surface area contributed by atoms with Gasteiger partial charge >= 0.3 is 0 Å². The number of ether oxygens (including phenoxy) is 1. The quantitative estimate of drug-likeness (QED) is 0.390. The normalized spacial score (nSPS) is 17.7. The molecule has 1 saturated carbocycles. The van der Waals surface area contributed by atoms with Crippen LogP contribution in [0.5, 0.6) is 0 Å². The molecule has 10 heteroatoms. The molecule has 1 saturated heterocycles. The summed E-state index contributed by atoms with van der Waals surface area (Å²) in [6.07, 6.45) is 5.04. The first-order valence-corrected chi connectivity index (χ1v) is 14.1. The molecule has 7 nitrogen and oxygen atoms in total. The summed E-state index contributed by atoms with van der Waals surface area (Å²) in [5, 5.41) is -0.105. The van der Waals surface area contributed by atoms with Gasteiger partial charge in [-0.15, -0.1) is 0 Å². The zero-order valence-electron chi connectivity index (χ0n) is 20.4. The molecule has 0 N–H and O–H groups in total. The second-order valence-electron chi connectivity index (χ2n) is 9.80. The number of hydrogen-bond acceptors (Lipinski definition) is 5. The van der Waals surface area contributed by atoms with E-state index in [1.165, 1.54) is 48.7 Å². The van der Waals surface area contributed by atoms with Crippen LogP contribution in [0.1, 0.15) is 47.3 Å². The fourth-order valence-corrected chi connectivity index (χ4v) is 6.15. The van der Waals surface area contributed by atoms with Crippen molar-refractivity contribution in [2.24, 2.45) is 5.92 Å². The second kappa shape index (κ2) is 10.7. The fourth-order valence-electron chi connectivity index (χ4n) is 4.65. The summed E-state index contributed by atoms with van der Waals surface area (Å²) in [6, 6.07) is 10.9. The highest BCUT2D eigenvalue weighted by molar-refractivity contribution is 7.90. The van der Waals surface area contributed by atoms with Crippen molar-refractivity contribution in [2.75, 3.05) is 13.2 Å². The summed E-state index contributed by atoms with van der Waals surface area (Å²) in [7, 11) is -3.88. The van der Waals surface area contributed by atoms with Crippen LogP contribution >= 0.6 is 0 Å². The minimum atomic E-state index is -3.88. The van der Waals surface area contributed by atoms with Crippen molar-refractivity contribution >= 4 is 15.7 Å². The number of aromatic nitrogens is 2. The largest absolute Gasteiger partial charge is 0.376 e. The van der Waals surface area contributed by atoms with Crippen LogP contribution in [0.15, 0.2) is 59.9 Å². The smallest absolute Gasteiger partial charge is 0.254 e. The highest BCUT2D eigenvalue weighted by Gasteiger charge is 2.31. The van der Waals surface area contributed by atoms with Crippen molar-refractivity contribution in [3.05, 3.63) is 83.2 Å². The number of nitrogens with zero attached hydrogens (tertiary/aromatic N) is 3. The van der Waals surface area contributed by atoms with Gasteiger partial charge in [0.25, 0.3) is 5.91 Å². The lowest BCUT2D eigenvalue weighted by Crippen LogP contribution is -2.34. The first kappa shape index (κ1) is 25.5. The van der Waals surface area contributed by atoms with E-state index in [-0.39, 0.29) is 35.0 Å².